The van der Waals surface area contributed by atoms with Gasteiger partial charge >= 0.3 is 0 Å². The van der Waals surface area contributed by atoms with Crippen molar-refractivity contribution in [3.8, 4) is 28.3 Å². The monoisotopic (exact) mass is 388 g/mol. The van der Waals surface area contributed by atoms with Crippen molar-refractivity contribution in [2.24, 2.45) is 11.8 Å². The second-order valence-corrected chi connectivity index (χ2v) is 8.03. The van der Waals surface area contributed by atoms with E-state index in [1.54, 1.807) is 0 Å². The number of ether oxygens (including phenoxy) is 1. The van der Waals surface area contributed by atoms with E-state index in [1.807, 2.05) is 18.2 Å². The molecule has 0 radical (unpaired) electrons. The van der Waals surface area contributed by atoms with Gasteiger partial charge in [-0.3, -0.25) is 0 Å². The number of hydrogen-bond acceptors (Lipinski definition) is 2. The van der Waals surface area contributed by atoms with Crippen molar-refractivity contribution in [3.63, 3.8) is 0 Å². The normalized spacial score (nSPS) is 18.4. The standard InChI is InChI=1S/C24H21ClN2O/c1-15-11-19(15)14-28-24-26-22-12-20(21(25)13-23(22)27-24)18-9-7-17(8-10-18)16-5-3-2-4-6-16/h2-10,12-13,15,19H,11,14H2,1H3,(H,26,27). The molecule has 1 aliphatic rings. The van der Waals surface area contributed by atoms with E-state index >= 15 is 0 Å². The summed E-state index contributed by atoms with van der Waals surface area (Å²) in [6, 6.07) is 23.3. The van der Waals surface area contributed by atoms with Crippen LogP contribution < -0.4 is 4.74 Å². The fraction of sp³-hybridized carbons (Fsp3) is 0.208. The maximum absolute atomic E-state index is 6.57. The summed E-state index contributed by atoms with van der Waals surface area (Å²) >= 11 is 6.57. The van der Waals surface area contributed by atoms with Crippen LogP contribution in [-0.4, -0.2) is 16.6 Å². The molecule has 3 nitrogen and oxygen atoms in total. The Morgan fingerprint density at radius 1 is 1.00 bits per heavy atom. The molecule has 1 heterocycles. The van der Waals surface area contributed by atoms with E-state index in [9.17, 15) is 0 Å². The van der Waals surface area contributed by atoms with Crippen LogP contribution in [0, 0.1) is 11.8 Å². The predicted molar refractivity (Wildman–Crippen MR) is 115 cm³/mol. The van der Waals surface area contributed by atoms with Gasteiger partial charge in [0.1, 0.15) is 0 Å². The fourth-order valence-corrected chi connectivity index (χ4v) is 3.86. The van der Waals surface area contributed by atoms with Gasteiger partial charge in [-0.2, -0.15) is 4.98 Å². The molecule has 0 aliphatic heterocycles. The van der Waals surface area contributed by atoms with Crippen LogP contribution in [0.2, 0.25) is 5.02 Å². The van der Waals surface area contributed by atoms with Crippen molar-refractivity contribution in [2.75, 3.05) is 6.61 Å². The second kappa shape index (κ2) is 6.99. The van der Waals surface area contributed by atoms with E-state index in [2.05, 4.69) is 65.4 Å². The SMILES string of the molecule is CC1CC1COc1nc2cc(-c3ccc(-c4ccccc4)cc3)c(Cl)cc2[nH]1. The minimum Gasteiger partial charge on any atom is -0.464 e. The smallest absolute Gasteiger partial charge is 0.294 e. The van der Waals surface area contributed by atoms with Gasteiger partial charge < -0.3 is 9.72 Å². The lowest BCUT2D eigenvalue weighted by atomic mass is 10.00. The number of nitrogens with one attached hydrogen (secondary N) is 1. The van der Waals surface area contributed by atoms with E-state index in [1.165, 1.54) is 17.5 Å². The van der Waals surface area contributed by atoms with Gasteiger partial charge in [0.2, 0.25) is 0 Å². The lowest BCUT2D eigenvalue weighted by Crippen LogP contribution is -2.01. The largest absolute Gasteiger partial charge is 0.464 e. The van der Waals surface area contributed by atoms with E-state index in [-0.39, 0.29) is 0 Å². The molecule has 4 aromatic rings. The molecule has 4 heteroatoms. The molecule has 0 bridgehead atoms. The first-order valence-electron chi connectivity index (χ1n) is 9.65. The molecule has 1 N–H and O–H groups in total. The van der Waals surface area contributed by atoms with Gasteiger partial charge in [-0.05, 0) is 47.1 Å². The van der Waals surface area contributed by atoms with Crippen molar-refractivity contribution < 1.29 is 4.74 Å². The first-order valence-corrected chi connectivity index (χ1v) is 10.0. The summed E-state index contributed by atoms with van der Waals surface area (Å²) in [6.07, 6.45) is 1.25. The number of halogens is 1. The highest BCUT2D eigenvalue weighted by atomic mass is 35.5. The Hall–Kier alpha value is -2.78. The minimum atomic E-state index is 0.571. The maximum atomic E-state index is 6.57. The van der Waals surface area contributed by atoms with Crippen molar-refractivity contribution in [1.82, 2.24) is 9.97 Å². The van der Waals surface area contributed by atoms with Crippen molar-refractivity contribution in [2.45, 2.75) is 13.3 Å². The number of fused-ring (bicyclic) bond motifs is 1. The number of nitrogens with zero attached hydrogens (tertiary/aromatic N) is 1. The third-order valence-corrected chi connectivity index (χ3v) is 5.87. The van der Waals surface area contributed by atoms with Crippen LogP contribution in [0.3, 0.4) is 0 Å². The number of aromatic amines is 1. The van der Waals surface area contributed by atoms with Crippen LogP contribution >= 0.6 is 11.6 Å². The molecule has 1 fully saturated rings. The summed E-state index contributed by atoms with van der Waals surface area (Å²) in [4.78, 5) is 7.82. The van der Waals surface area contributed by atoms with Gasteiger partial charge in [-0.15, -0.1) is 0 Å². The van der Waals surface area contributed by atoms with E-state index in [0.717, 1.165) is 34.7 Å². The molecule has 140 valence electrons. The van der Waals surface area contributed by atoms with Crippen LogP contribution in [-0.2, 0) is 0 Å². The zero-order valence-corrected chi connectivity index (χ0v) is 16.4. The van der Waals surface area contributed by atoms with E-state index in [0.29, 0.717) is 17.0 Å². The van der Waals surface area contributed by atoms with E-state index < -0.39 is 0 Å². The number of aromatic nitrogens is 2. The van der Waals surface area contributed by atoms with Crippen LogP contribution in [0.15, 0.2) is 66.7 Å². The zero-order chi connectivity index (χ0) is 19.1. The van der Waals surface area contributed by atoms with E-state index in [4.69, 9.17) is 16.3 Å². The molecule has 0 saturated heterocycles. The first-order chi connectivity index (χ1) is 13.7. The van der Waals surface area contributed by atoms with Crippen molar-refractivity contribution in [3.05, 3.63) is 71.8 Å². The van der Waals surface area contributed by atoms with Gasteiger partial charge in [0.15, 0.2) is 0 Å². The van der Waals surface area contributed by atoms with Gasteiger partial charge in [-0.25, -0.2) is 0 Å². The Bertz CT molecular complexity index is 1120. The predicted octanol–water partition coefficient (Wildman–Crippen LogP) is 6.59. The molecule has 1 saturated carbocycles. The molecule has 2 atom stereocenters. The zero-order valence-electron chi connectivity index (χ0n) is 15.7. The van der Waals surface area contributed by atoms with Crippen LogP contribution in [0.25, 0.3) is 33.3 Å². The Morgan fingerprint density at radius 3 is 2.39 bits per heavy atom. The summed E-state index contributed by atoms with van der Waals surface area (Å²) < 4.78 is 5.83. The van der Waals surface area contributed by atoms with Gasteiger partial charge in [0, 0.05) is 5.56 Å². The first kappa shape index (κ1) is 17.3. The summed E-state index contributed by atoms with van der Waals surface area (Å²) in [5.41, 5.74) is 6.20. The molecule has 0 amide bonds. The highest BCUT2D eigenvalue weighted by Gasteiger charge is 2.33. The summed E-state index contributed by atoms with van der Waals surface area (Å²) in [6.45, 7) is 2.98. The van der Waals surface area contributed by atoms with Crippen LogP contribution in [0.1, 0.15) is 13.3 Å². The number of benzene rings is 3. The Labute approximate surface area is 169 Å². The Morgan fingerprint density at radius 2 is 1.68 bits per heavy atom. The molecule has 0 spiro atoms. The molecule has 1 aliphatic carbocycles. The minimum absolute atomic E-state index is 0.571. The molecule has 1 aromatic heterocycles. The lowest BCUT2D eigenvalue weighted by molar-refractivity contribution is 0.274. The number of imidazole rings is 1. The topological polar surface area (TPSA) is 37.9 Å². The Kier molecular flexibility index (Phi) is 4.33. The molecule has 28 heavy (non-hydrogen) atoms. The van der Waals surface area contributed by atoms with Gasteiger partial charge in [0.05, 0.1) is 22.7 Å². The Balaban J connectivity index is 1.42. The maximum Gasteiger partial charge on any atom is 0.294 e. The molecule has 3 aromatic carbocycles. The molecule has 2 unspecified atom stereocenters. The van der Waals surface area contributed by atoms with Crippen LogP contribution in [0.4, 0.5) is 0 Å². The highest BCUT2D eigenvalue weighted by Crippen LogP contribution is 2.38. The third-order valence-electron chi connectivity index (χ3n) is 5.56. The summed E-state index contributed by atoms with van der Waals surface area (Å²) in [5, 5.41) is 0.700. The van der Waals surface area contributed by atoms with Gasteiger partial charge in [0.25, 0.3) is 6.01 Å². The lowest BCUT2D eigenvalue weighted by Gasteiger charge is -2.07. The fourth-order valence-electron chi connectivity index (χ4n) is 3.59. The molecular formula is C24H21ClN2O. The average Bonchev–Trinajstić information content (AvgIpc) is 3.29. The third kappa shape index (κ3) is 3.38. The number of H-pyrrole nitrogens is 1. The number of hydrogen-bond donors (Lipinski definition) is 1. The average molecular weight is 389 g/mol. The molecule has 5 rings (SSSR count). The summed E-state index contributed by atoms with van der Waals surface area (Å²) in [7, 11) is 0. The highest BCUT2D eigenvalue weighted by molar-refractivity contribution is 6.34. The molecular weight excluding hydrogens is 368 g/mol. The van der Waals surface area contributed by atoms with Crippen molar-refractivity contribution >= 4 is 22.6 Å². The quantitative estimate of drug-likeness (QED) is 0.419. The number of rotatable bonds is 5. The van der Waals surface area contributed by atoms with Gasteiger partial charge in [-0.1, -0.05) is 73.1 Å². The van der Waals surface area contributed by atoms with Crippen molar-refractivity contribution in [1.29, 1.82) is 0 Å². The second-order valence-electron chi connectivity index (χ2n) is 7.62. The van der Waals surface area contributed by atoms with Crippen LogP contribution in [0.5, 0.6) is 6.01 Å². The summed E-state index contributed by atoms with van der Waals surface area (Å²) in [5.74, 6) is 1.43.